The molecule has 0 bridgehead atoms. The van der Waals surface area contributed by atoms with Gasteiger partial charge in [0.15, 0.2) is 0 Å². The van der Waals surface area contributed by atoms with E-state index in [0.717, 1.165) is 13.0 Å². The highest BCUT2D eigenvalue weighted by Gasteiger charge is 2.06. The van der Waals surface area contributed by atoms with Gasteiger partial charge in [-0.05, 0) is 26.8 Å². The molecule has 0 aromatic rings. The van der Waals surface area contributed by atoms with Crippen molar-refractivity contribution in [3.63, 3.8) is 0 Å². The second-order valence-corrected chi connectivity index (χ2v) is 4.34. The molecule has 1 unspecified atom stereocenters. The molecule has 0 aliphatic carbocycles. The quantitative estimate of drug-likeness (QED) is 0.587. The van der Waals surface area contributed by atoms with Crippen molar-refractivity contribution in [2.45, 2.75) is 52.6 Å². The molecule has 1 atom stereocenters. The van der Waals surface area contributed by atoms with Crippen molar-refractivity contribution in [1.82, 2.24) is 10.6 Å². The van der Waals surface area contributed by atoms with E-state index < -0.39 is 0 Å². The highest BCUT2D eigenvalue weighted by molar-refractivity contribution is 5.76. The molecule has 0 fully saturated rings. The van der Waals surface area contributed by atoms with Crippen molar-refractivity contribution in [2.75, 3.05) is 19.8 Å². The Balaban J connectivity index is 3.43. The lowest BCUT2D eigenvalue weighted by Gasteiger charge is -2.13. The largest absolute Gasteiger partial charge is 0.380 e. The van der Waals surface area contributed by atoms with E-state index in [4.69, 9.17) is 4.74 Å². The van der Waals surface area contributed by atoms with Gasteiger partial charge in [0.05, 0.1) is 6.61 Å². The van der Waals surface area contributed by atoms with Crippen LogP contribution in [0.1, 0.15) is 40.5 Å². The molecule has 0 saturated carbocycles. The Labute approximate surface area is 99.1 Å². The third-order valence-electron chi connectivity index (χ3n) is 2.11. The van der Waals surface area contributed by atoms with Gasteiger partial charge in [-0.3, -0.25) is 4.79 Å². The van der Waals surface area contributed by atoms with Crippen LogP contribution in [0.4, 0.5) is 0 Å². The number of carbonyl (C=O) groups is 1. The summed E-state index contributed by atoms with van der Waals surface area (Å²) in [5, 5.41) is 6.19. The van der Waals surface area contributed by atoms with Crippen LogP contribution in [-0.2, 0) is 9.53 Å². The first kappa shape index (κ1) is 15.4. The third kappa shape index (κ3) is 9.93. The van der Waals surface area contributed by atoms with Gasteiger partial charge < -0.3 is 15.4 Å². The van der Waals surface area contributed by atoms with E-state index in [2.05, 4.69) is 24.5 Å². The Morgan fingerprint density at radius 1 is 1.31 bits per heavy atom. The van der Waals surface area contributed by atoms with E-state index in [-0.39, 0.29) is 11.9 Å². The molecule has 4 heteroatoms. The Bertz CT molecular complexity index is 184. The molecule has 0 saturated heterocycles. The molecule has 96 valence electrons. The summed E-state index contributed by atoms with van der Waals surface area (Å²) in [5.74, 6) is 0.109. The van der Waals surface area contributed by atoms with Gasteiger partial charge in [-0.2, -0.15) is 0 Å². The standard InChI is InChI=1S/C12H26N2O2/c1-5-16-9-11(4)14-12(15)7-6-8-13-10(2)3/h10-11,13H,5-9H2,1-4H3,(H,14,15). The van der Waals surface area contributed by atoms with Crippen molar-refractivity contribution in [2.24, 2.45) is 0 Å². The van der Waals surface area contributed by atoms with E-state index in [1.54, 1.807) is 0 Å². The number of hydrogen-bond acceptors (Lipinski definition) is 3. The van der Waals surface area contributed by atoms with Gasteiger partial charge in [0.25, 0.3) is 0 Å². The smallest absolute Gasteiger partial charge is 0.220 e. The lowest BCUT2D eigenvalue weighted by molar-refractivity contribution is -0.122. The molecule has 2 N–H and O–H groups in total. The molecular formula is C12H26N2O2. The normalized spacial score (nSPS) is 12.8. The molecule has 0 rings (SSSR count). The fourth-order valence-electron chi connectivity index (χ4n) is 1.32. The predicted octanol–water partition coefficient (Wildman–Crippen LogP) is 1.31. The first-order chi connectivity index (χ1) is 7.56. The van der Waals surface area contributed by atoms with Gasteiger partial charge in [-0.1, -0.05) is 13.8 Å². The molecule has 4 nitrogen and oxygen atoms in total. The van der Waals surface area contributed by atoms with Crippen LogP contribution >= 0.6 is 0 Å². The Morgan fingerprint density at radius 2 is 2.00 bits per heavy atom. The van der Waals surface area contributed by atoms with Crippen LogP contribution < -0.4 is 10.6 Å². The minimum absolute atomic E-state index is 0.102. The molecule has 0 aliphatic heterocycles. The van der Waals surface area contributed by atoms with Gasteiger partial charge in [0.1, 0.15) is 0 Å². The predicted molar refractivity (Wildman–Crippen MR) is 66.5 cm³/mol. The number of carbonyl (C=O) groups excluding carboxylic acids is 1. The first-order valence-electron chi connectivity index (χ1n) is 6.16. The summed E-state index contributed by atoms with van der Waals surface area (Å²) in [4.78, 5) is 11.5. The van der Waals surface area contributed by atoms with Crippen LogP contribution in [0.25, 0.3) is 0 Å². The zero-order chi connectivity index (χ0) is 12.4. The van der Waals surface area contributed by atoms with Crippen LogP contribution in [0.3, 0.4) is 0 Å². The summed E-state index contributed by atoms with van der Waals surface area (Å²) in [6, 6.07) is 0.588. The summed E-state index contributed by atoms with van der Waals surface area (Å²) in [7, 11) is 0. The fourth-order valence-corrected chi connectivity index (χ4v) is 1.32. The molecule has 16 heavy (non-hydrogen) atoms. The minimum atomic E-state index is 0.102. The van der Waals surface area contributed by atoms with Crippen LogP contribution in [0.15, 0.2) is 0 Å². The maximum Gasteiger partial charge on any atom is 0.220 e. The van der Waals surface area contributed by atoms with E-state index in [1.165, 1.54) is 0 Å². The van der Waals surface area contributed by atoms with Crippen LogP contribution in [0, 0.1) is 0 Å². The van der Waals surface area contributed by atoms with Gasteiger partial charge in [0.2, 0.25) is 5.91 Å². The highest BCUT2D eigenvalue weighted by Crippen LogP contribution is 1.91. The summed E-state index contributed by atoms with van der Waals surface area (Å²) < 4.78 is 5.23. The third-order valence-corrected chi connectivity index (χ3v) is 2.11. The lowest BCUT2D eigenvalue weighted by Crippen LogP contribution is -2.36. The van der Waals surface area contributed by atoms with Crippen molar-refractivity contribution < 1.29 is 9.53 Å². The Kier molecular flexibility index (Phi) is 9.24. The average molecular weight is 230 g/mol. The van der Waals surface area contributed by atoms with Gasteiger partial charge >= 0.3 is 0 Å². The van der Waals surface area contributed by atoms with Gasteiger partial charge in [-0.15, -0.1) is 0 Å². The lowest BCUT2D eigenvalue weighted by atomic mass is 10.2. The van der Waals surface area contributed by atoms with Crippen LogP contribution in [0.5, 0.6) is 0 Å². The van der Waals surface area contributed by atoms with Crippen LogP contribution in [0.2, 0.25) is 0 Å². The number of nitrogens with one attached hydrogen (secondary N) is 2. The molecule has 0 heterocycles. The Hall–Kier alpha value is -0.610. The highest BCUT2D eigenvalue weighted by atomic mass is 16.5. The second kappa shape index (κ2) is 9.60. The van der Waals surface area contributed by atoms with E-state index in [1.807, 2.05) is 13.8 Å². The molecular weight excluding hydrogens is 204 g/mol. The summed E-state index contributed by atoms with van der Waals surface area (Å²) in [6.45, 7) is 10.3. The zero-order valence-corrected chi connectivity index (χ0v) is 11.0. The molecule has 1 amide bonds. The molecule has 0 spiro atoms. The van der Waals surface area contributed by atoms with Crippen molar-refractivity contribution >= 4 is 5.91 Å². The van der Waals surface area contributed by atoms with Gasteiger partial charge in [-0.25, -0.2) is 0 Å². The maximum absolute atomic E-state index is 11.5. The summed E-state index contributed by atoms with van der Waals surface area (Å²) in [5.41, 5.74) is 0. The second-order valence-electron chi connectivity index (χ2n) is 4.34. The molecule has 0 aromatic carbocycles. The van der Waals surface area contributed by atoms with E-state index >= 15 is 0 Å². The van der Waals surface area contributed by atoms with E-state index in [0.29, 0.717) is 25.7 Å². The topological polar surface area (TPSA) is 50.4 Å². The average Bonchev–Trinajstić information content (AvgIpc) is 2.21. The monoisotopic (exact) mass is 230 g/mol. The fraction of sp³-hybridized carbons (Fsp3) is 0.917. The van der Waals surface area contributed by atoms with E-state index in [9.17, 15) is 4.79 Å². The maximum atomic E-state index is 11.5. The van der Waals surface area contributed by atoms with Crippen LogP contribution in [-0.4, -0.2) is 37.7 Å². The number of rotatable bonds is 9. The molecule has 0 aromatic heterocycles. The number of amides is 1. The van der Waals surface area contributed by atoms with Crippen molar-refractivity contribution in [3.8, 4) is 0 Å². The molecule has 0 aliphatic rings. The van der Waals surface area contributed by atoms with Gasteiger partial charge in [0, 0.05) is 25.1 Å². The summed E-state index contributed by atoms with van der Waals surface area (Å²) in [6.07, 6.45) is 1.46. The van der Waals surface area contributed by atoms with Crippen molar-refractivity contribution in [3.05, 3.63) is 0 Å². The minimum Gasteiger partial charge on any atom is -0.380 e. The SMILES string of the molecule is CCOCC(C)NC(=O)CCCNC(C)C. The van der Waals surface area contributed by atoms with Crippen molar-refractivity contribution in [1.29, 1.82) is 0 Å². The zero-order valence-electron chi connectivity index (χ0n) is 11.0. The Morgan fingerprint density at radius 3 is 2.56 bits per heavy atom. The molecule has 0 radical (unpaired) electrons. The number of ether oxygens (including phenoxy) is 1. The summed E-state index contributed by atoms with van der Waals surface area (Å²) >= 11 is 0. The first-order valence-corrected chi connectivity index (χ1v) is 6.16. The number of hydrogen-bond donors (Lipinski definition) is 2.